The van der Waals surface area contributed by atoms with E-state index in [0.717, 1.165) is 44.2 Å². The Morgan fingerprint density at radius 2 is 0.879 bits per heavy atom. The largest absolute Gasteiger partial charge is 0.457 e. The number of carbonyl (C=O) groups is 4. The lowest BCUT2D eigenvalue weighted by Gasteiger charge is -2.33. The zero-order chi connectivity index (χ0) is 40.4. The number of carbonyl (C=O) groups excluding carboxylic acids is 4. The molecule has 6 aromatic rings. The molecular weight excluding hydrogens is 733 g/mol. The number of ether oxygens (including phenoxy) is 4. The Morgan fingerprint density at radius 1 is 0.500 bits per heavy atom. The van der Waals surface area contributed by atoms with E-state index in [1.54, 1.807) is 0 Å². The minimum atomic E-state index is -0.882. The normalized spacial score (nSPS) is 14.6. The van der Waals surface area contributed by atoms with Crippen LogP contribution in [0.4, 0.5) is 9.59 Å². The van der Waals surface area contributed by atoms with Crippen LogP contribution in [0.1, 0.15) is 50.7 Å². The maximum atomic E-state index is 13.3. The van der Waals surface area contributed by atoms with Gasteiger partial charge in [-0.3, -0.25) is 9.59 Å². The second-order valence-electron chi connectivity index (χ2n) is 14.5. The summed E-state index contributed by atoms with van der Waals surface area (Å²) in [5.41, 5.74) is 1.65. The summed E-state index contributed by atoms with van der Waals surface area (Å²) in [7, 11) is 0. The zero-order valence-corrected chi connectivity index (χ0v) is 32.7. The molecule has 0 heterocycles. The molecule has 10 nitrogen and oxygen atoms in total. The molecule has 6 aromatic carbocycles. The Hall–Kier alpha value is -6.68. The van der Waals surface area contributed by atoms with Crippen molar-refractivity contribution >= 4 is 45.7 Å². The lowest BCUT2D eigenvalue weighted by atomic mass is 9.74. The van der Waals surface area contributed by atoms with Crippen molar-refractivity contribution in [2.45, 2.75) is 52.6 Å². The Morgan fingerprint density at radius 3 is 1.26 bits per heavy atom. The molecule has 0 radical (unpaired) electrons. The van der Waals surface area contributed by atoms with Gasteiger partial charge in [-0.1, -0.05) is 111 Å². The van der Waals surface area contributed by atoms with Gasteiger partial charge in [0, 0.05) is 37.0 Å². The zero-order valence-electron chi connectivity index (χ0n) is 32.7. The SMILES string of the molecule is CCCN(Cc1ccc(Oc2cccc3ccccc23)cc1)C(=O)OC(=O)C1CCC1C(=O)OC(=O)N(CCC)Cc1ccc(Oc2cccc3ccccc23)cc1. The second-order valence-corrected chi connectivity index (χ2v) is 14.5. The summed E-state index contributed by atoms with van der Waals surface area (Å²) in [4.78, 5) is 55.8. The molecule has 58 heavy (non-hydrogen) atoms. The van der Waals surface area contributed by atoms with Crippen molar-refractivity contribution in [3.05, 3.63) is 145 Å². The first-order valence-corrected chi connectivity index (χ1v) is 19.8. The fourth-order valence-electron chi connectivity index (χ4n) is 7.12. The maximum absolute atomic E-state index is 13.3. The molecular formula is C48H46N2O8. The highest BCUT2D eigenvalue weighted by Crippen LogP contribution is 2.37. The van der Waals surface area contributed by atoms with Gasteiger partial charge in [0.25, 0.3) is 0 Å². The third-order valence-electron chi connectivity index (χ3n) is 10.3. The van der Waals surface area contributed by atoms with Crippen LogP contribution in [0.3, 0.4) is 0 Å². The molecule has 0 spiro atoms. The Bertz CT molecular complexity index is 2220. The van der Waals surface area contributed by atoms with Gasteiger partial charge in [-0.25, -0.2) is 9.59 Å². The number of rotatable bonds is 14. The number of nitrogens with zero attached hydrogens (tertiary/aromatic N) is 2. The molecule has 1 saturated carbocycles. The predicted molar refractivity (Wildman–Crippen MR) is 222 cm³/mol. The van der Waals surface area contributed by atoms with Crippen molar-refractivity contribution in [3.63, 3.8) is 0 Å². The number of hydrogen-bond acceptors (Lipinski definition) is 8. The summed E-state index contributed by atoms with van der Waals surface area (Å²) in [5.74, 6) is -0.588. The van der Waals surface area contributed by atoms with E-state index in [1.807, 2.05) is 147 Å². The summed E-state index contributed by atoms with van der Waals surface area (Å²) in [6.07, 6.45) is 0.393. The van der Waals surface area contributed by atoms with Crippen LogP contribution in [0.5, 0.6) is 23.0 Å². The Balaban J connectivity index is 0.905. The standard InChI is InChI=1S/C48H46N2O8/c1-3-29-49(31-33-19-23-37(24-20-33)55-43-17-9-13-35-11-5-7-15-39(35)43)47(53)57-45(51)41-27-28-42(41)46(52)58-48(54)50(30-4-2)32-34-21-25-38(26-22-34)56-44-18-10-14-36-12-6-8-16-40(36)44/h5-26,41-42H,3-4,27-32H2,1-2H3. The quantitative estimate of drug-likeness (QED) is 0.0794. The third kappa shape index (κ3) is 9.46. The van der Waals surface area contributed by atoms with Gasteiger partial charge in [0.1, 0.15) is 23.0 Å². The van der Waals surface area contributed by atoms with Gasteiger partial charge in [-0.2, -0.15) is 0 Å². The Labute approximate surface area is 337 Å². The highest BCUT2D eigenvalue weighted by molar-refractivity contribution is 5.93. The number of fused-ring (bicyclic) bond motifs is 2. The molecule has 2 atom stereocenters. The van der Waals surface area contributed by atoms with Crippen LogP contribution in [0.15, 0.2) is 133 Å². The van der Waals surface area contributed by atoms with Gasteiger partial charge in [-0.15, -0.1) is 0 Å². The van der Waals surface area contributed by atoms with Crippen molar-refractivity contribution in [2.75, 3.05) is 13.1 Å². The van der Waals surface area contributed by atoms with E-state index in [2.05, 4.69) is 0 Å². The molecule has 2 unspecified atom stereocenters. The van der Waals surface area contributed by atoms with E-state index in [1.165, 1.54) is 9.80 Å². The first kappa shape index (κ1) is 39.6. The number of hydrogen-bond donors (Lipinski definition) is 0. The van der Waals surface area contributed by atoms with Crippen LogP contribution in [-0.4, -0.2) is 47.0 Å². The average Bonchev–Trinajstić information content (AvgIpc) is 3.21. The van der Waals surface area contributed by atoms with Gasteiger partial charge < -0.3 is 28.7 Å². The monoisotopic (exact) mass is 778 g/mol. The lowest BCUT2D eigenvalue weighted by molar-refractivity contribution is -0.161. The van der Waals surface area contributed by atoms with Crippen molar-refractivity contribution in [1.29, 1.82) is 0 Å². The minimum Gasteiger partial charge on any atom is -0.457 e. The minimum absolute atomic E-state index is 0.215. The van der Waals surface area contributed by atoms with Crippen molar-refractivity contribution in [3.8, 4) is 23.0 Å². The van der Waals surface area contributed by atoms with Crippen molar-refractivity contribution in [2.24, 2.45) is 11.8 Å². The van der Waals surface area contributed by atoms with Crippen molar-refractivity contribution < 1.29 is 38.1 Å². The predicted octanol–water partition coefficient (Wildman–Crippen LogP) is 11.1. The van der Waals surface area contributed by atoms with Gasteiger partial charge in [-0.05, 0) is 84.0 Å². The van der Waals surface area contributed by atoms with Crippen LogP contribution in [0.2, 0.25) is 0 Å². The van der Waals surface area contributed by atoms with Crippen LogP contribution in [-0.2, 0) is 32.2 Å². The Kier molecular flexibility index (Phi) is 12.6. The molecule has 1 aliphatic carbocycles. The number of amides is 2. The van der Waals surface area contributed by atoms with Crippen LogP contribution in [0.25, 0.3) is 21.5 Å². The first-order valence-electron chi connectivity index (χ1n) is 19.8. The van der Waals surface area contributed by atoms with E-state index in [-0.39, 0.29) is 13.1 Å². The van der Waals surface area contributed by atoms with Crippen LogP contribution < -0.4 is 9.47 Å². The molecule has 0 aromatic heterocycles. The maximum Gasteiger partial charge on any atom is 0.417 e. The number of benzene rings is 6. The molecule has 7 rings (SSSR count). The van der Waals surface area contributed by atoms with Crippen molar-refractivity contribution in [1.82, 2.24) is 9.80 Å². The van der Waals surface area contributed by atoms with Gasteiger partial charge in [0.2, 0.25) is 0 Å². The molecule has 0 bridgehead atoms. The van der Waals surface area contributed by atoms with Gasteiger partial charge >= 0.3 is 24.1 Å². The molecule has 0 N–H and O–H groups in total. The van der Waals surface area contributed by atoms with Gasteiger partial charge in [0.05, 0.1) is 11.8 Å². The van der Waals surface area contributed by atoms with E-state index in [0.29, 0.717) is 50.3 Å². The summed E-state index contributed by atoms with van der Waals surface area (Å²) < 4.78 is 23.0. The molecule has 10 heteroatoms. The second kappa shape index (κ2) is 18.5. The molecule has 2 amide bonds. The number of esters is 2. The molecule has 1 fully saturated rings. The van der Waals surface area contributed by atoms with E-state index in [9.17, 15) is 19.2 Å². The van der Waals surface area contributed by atoms with E-state index < -0.39 is 36.0 Å². The molecule has 1 aliphatic rings. The summed E-state index contributed by atoms with van der Waals surface area (Å²) in [6.45, 7) is 5.00. The molecule has 296 valence electrons. The molecule has 0 saturated heterocycles. The topological polar surface area (TPSA) is 112 Å². The summed E-state index contributed by atoms with van der Waals surface area (Å²) in [5, 5.41) is 4.17. The van der Waals surface area contributed by atoms with Crippen LogP contribution in [0, 0.1) is 11.8 Å². The van der Waals surface area contributed by atoms with Gasteiger partial charge in [0.15, 0.2) is 0 Å². The average molecular weight is 779 g/mol. The fourth-order valence-corrected chi connectivity index (χ4v) is 7.12. The highest BCUT2D eigenvalue weighted by atomic mass is 16.6. The highest BCUT2D eigenvalue weighted by Gasteiger charge is 2.45. The lowest BCUT2D eigenvalue weighted by Crippen LogP contribution is -2.44. The van der Waals surface area contributed by atoms with E-state index >= 15 is 0 Å². The fraction of sp³-hybridized carbons (Fsp3) is 0.250. The van der Waals surface area contributed by atoms with E-state index in [4.69, 9.17) is 18.9 Å². The summed E-state index contributed by atoms with van der Waals surface area (Å²) in [6, 6.07) is 42.6. The molecule has 0 aliphatic heterocycles. The third-order valence-corrected chi connectivity index (χ3v) is 10.3. The smallest absolute Gasteiger partial charge is 0.417 e. The van der Waals surface area contributed by atoms with Crippen LogP contribution >= 0.6 is 0 Å². The first-order chi connectivity index (χ1) is 28.3. The summed E-state index contributed by atoms with van der Waals surface area (Å²) >= 11 is 0.